The Kier molecular flexibility index (Phi) is 6.32. The van der Waals surface area contributed by atoms with Gasteiger partial charge in [0.1, 0.15) is 0 Å². The molecule has 3 heterocycles. The molecule has 0 saturated carbocycles. The molecular weight excluding hydrogens is 453 g/mol. The van der Waals surface area contributed by atoms with E-state index in [1.807, 2.05) is 57.2 Å². The maximum absolute atomic E-state index is 14.8. The SMILES string of the molecule is CCN(c1nc(Nc2ccc3c(c2)C(C)(C)C(=O)N3)ncc1F)c1cccc2[nH]ncc12.O=CO. The molecule has 180 valence electrons. The lowest BCUT2D eigenvalue weighted by atomic mass is 9.86. The lowest BCUT2D eigenvalue weighted by Crippen LogP contribution is -2.26. The van der Waals surface area contributed by atoms with Gasteiger partial charge in [0.05, 0.1) is 29.0 Å². The zero-order valence-corrected chi connectivity index (χ0v) is 19.3. The number of hydrogen-bond acceptors (Lipinski definition) is 7. The minimum atomic E-state index is -0.635. The summed E-state index contributed by atoms with van der Waals surface area (Å²) in [5.74, 6) is -0.147. The number of amides is 1. The van der Waals surface area contributed by atoms with E-state index >= 15 is 0 Å². The van der Waals surface area contributed by atoms with Crippen LogP contribution in [0.15, 0.2) is 48.8 Å². The lowest BCUT2D eigenvalue weighted by Gasteiger charge is -2.23. The third kappa shape index (κ3) is 4.35. The second-order valence-electron chi connectivity index (χ2n) is 8.29. The van der Waals surface area contributed by atoms with Gasteiger partial charge in [0.2, 0.25) is 11.9 Å². The summed E-state index contributed by atoms with van der Waals surface area (Å²) in [4.78, 5) is 30.9. The second-order valence-corrected chi connectivity index (χ2v) is 8.29. The highest BCUT2D eigenvalue weighted by Crippen LogP contribution is 2.39. The average molecular weight is 478 g/mol. The Hall–Kier alpha value is -4.54. The first-order valence-electron chi connectivity index (χ1n) is 10.8. The minimum Gasteiger partial charge on any atom is -0.483 e. The van der Waals surface area contributed by atoms with Crippen LogP contribution in [0.25, 0.3) is 10.9 Å². The summed E-state index contributed by atoms with van der Waals surface area (Å²) in [6.07, 6.45) is 2.87. The molecule has 10 nitrogen and oxygen atoms in total. The van der Waals surface area contributed by atoms with Crippen molar-refractivity contribution in [3.63, 3.8) is 0 Å². The van der Waals surface area contributed by atoms with E-state index in [0.717, 1.165) is 34.0 Å². The van der Waals surface area contributed by atoms with E-state index in [0.29, 0.717) is 12.2 Å². The first-order chi connectivity index (χ1) is 16.8. The molecule has 4 N–H and O–H groups in total. The number of halogens is 1. The van der Waals surface area contributed by atoms with Crippen LogP contribution in [0.3, 0.4) is 0 Å². The third-order valence-electron chi connectivity index (χ3n) is 5.81. The number of nitrogens with zero attached hydrogens (tertiary/aromatic N) is 4. The van der Waals surface area contributed by atoms with E-state index in [4.69, 9.17) is 9.90 Å². The maximum atomic E-state index is 14.8. The summed E-state index contributed by atoms with van der Waals surface area (Å²) in [5.41, 5.74) is 3.41. The highest BCUT2D eigenvalue weighted by molar-refractivity contribution is 6.06. The van der Waals surface area contributed by atoms with Crippen molar-refractivity contribution in [2.24, 2.45) is 0 Å². The van der Waals surface area contributed by atoms with Crippen molar-refractivity contribution >= 4 is 52.1 Å². The molecule has 0 radical (unpaired) electrons. The number of carbonyl (C=O) groups is 2. The minimum absolute atomic E-state index is 0.0445. The van der Waals surface area contributed by atoms with Crippen LogP contribution in [0.1, 0.15) is 26.3 Å². The molecule has 1 amide bonds. The van der Waals surface area contributed by atoms with Crippen molar-refractivity contribution in [1.29, 1.82) is 0 Å². The number of carbonyl (C=O) groups excluding carboxylic acids is 1. The van der Waals surface area contributed by atoms with Crippen molar-refractivity contribution in [2.45, 2.75) is 26.2 Å². The van der Waals surface area contributed by atoms with Crippen molar-refractivity contribution in [3.05, 3.63) is 60.2 Å². The van der Waals surface area contributed by atoms with Crippen molar-refractivity contribution < 1.29 is 19.1 Å². The molecular formula is C24H24FN7O3. The van der Waals surface area contributed by atoms with Gasteiger partial charge in [-0.3, -0.25) is 14.7 Å². The molecule has 0 saturated heterocycles. The maximum Gasteiger partial charge on any atom is 0.290 e. The van der Waals surface area contributed by atoms with E-state index in [1.54, 1.807) is 11.1 Å². The number of rotatable bonds is 5. The van der Waals surface area contributed by atoms with Gasteiger partial charge >= 0.3 is 0 Å². The summed E-state index contributed by atoms with van der Waals surface area (Å²) >= 11 is 0. The number of fused-ring (bicyclic) bond motifs is 2. The van der Waals surface area contributed by atoms with Crippen LogP contribution in [-0.4, -0.2) is 44.2 Å². The van der Waals surface area contributed by atoms with Crippen LogP contribution in [-0.2, 0) is 15.0 Å². The van der Waals surface area contributed by atoms with Crippen molar-refractivity contribution in [1.82, 2.24) is 20.2 Å². The number of aromatic amines is 1. The Labute approximate surface area is 200 Å². The predicted molar refractivity (Wildman–Crippen MR) is 131 cm³/mol. The monoisotopic (exact) mass is 477 g/mol. The zero-order chi connectivity index (χ0) is 25.2. The number of benzene rings is 2. The predicted octanol–water partition coefficient (Wildman–Crippen LogP) is 4.32. The molecule has 1 aliphatic heterocycles. The molecule has 1 aliphatic rings. The third-order valence-corrected chi connectivity index (χ3v) is 5.81. The Balaban J connectivity index is 0.000000917. The molecule has 0 bridgehead atoms. The molecule has 0 aliphatic carbocycles. The Bertz CT molecular complexity index is 1400. The van der Waals surface area contributed by atoms with Gasteiger partial charge in [-0.15, -0.1) is 0 Å². The molecule has 0 unspecified atom stereocenters. The normalized spacial score (nSPS) is 13.4. The Morgan fingerprint density at radius 3 is 2.74 bits per heavy atom. The summed E-state index contributed by atoms with van der Waals surface area (Å²) in [6, 6.07) is 11.3. The molecule has 0 spiro atoms. The van der Waals surface area contributed by atoms with Crippen LogP contribution < -0.4 is 15.5 Å². The molecule has 5 rings (SSSR count). The number of nitrogens with one attached hydrogen (secondary N) is 3. The molecule has 0 atom stereocenters. The zero-order valence-electron chi connectivity index (χ0n) is 19.3. The van der Waals surface area contributed by atoms with Gasteiger partial charge in [-0.05, 0) is 56.7 Å². The van der Waals surface area contributed by atoms with E-state index in [1.165, 1.54) is 0 Å². The molecule has 35 heavy (non-hydrogen) atoms. The lowest BCUT2D eigenvalue weighted by molar-refractivity contribution is -0.123. The van der Waals surface area contributed by atoms with Crippen LogP contribution in [0, 0.1) is 5.82 Å². The van der Waals surface area contributed by atoms with Gasteiger partial charge in [0.25, 0.3) is 6.47 Å². The van der Waals surface area contributed by atoms with Crippen LogP contribution in [0.4, 0.5) is 33.2 Å². The Morgan fingerprint density at radius 1 is 1.23 bits per heavy atom. The standard InChI is InChI=1S/C23H22FN7O.CH2O2/c1-4-31(19-7-5-6-17-14(19)11-26-30-17)20-16(24)12-25-22(29-20)27-13-8-9-18-15(10-13)23(2,3)21(32)28-18;2-1-3/h5-12H,4H2,1-3H3,(H,26,30)(H,28,32)(H,25,27,29);1H,(H,2,3). The topological polar surface area (TPSA) is 136 Å². The summed E-state index contributed by atoms with van der Waals surface area (Å²) < 4.78 is 14.8. The van der Waals surface area contributed by atoms with Gasteiger partial charge < -0.3 is 20.6 Å². The number of hydrogen-bond donors (Lipinski definition) is 4. The largest absolute Gasteiger partial charge is 0.483 e. The van der Waals surface area contributed by atoms with Crippen molar-refractivity contribution in [3.8, 4) is 0 Å². The fourth-order valence-electron chi connectivity index (χ4n) is 4.01. The summed E-state index contributed by atoms with van der Waals surface area (Å²) in [5, 5.41) is 20.8. The average Bonchev–Trinajstić information content (AvgIpc) is 3.40. The number of carboxylic acid groups (broad SMARTS) is 1. The first kappa shape index (κ1) is 23.6. The molecule has 0 fully saturated rings. The quantitative estimate of drug-likeness (QED) is 0.312. The molecule has 11 heteroatoms. The fraction of sp³-hybridized carbons (Fsp3) is 0.208. The Morgan fingerprint density at radius 2 is 2.00 bits per heavy atom. The van der Waals surface area contributed by atoms with E-state index < -0.39 is 11.2 Å². The second kappa shape index (κ2) is 9.37. The van der Waals surface area contributed by atoms with Crippen LogP contribution in [0.2, 0.25) is 0 Å². The summed E-state index contributed by atoms with van der Waals surface area (Å²) in [7, 11) is 0. The van der Waals surface area contributed by atoms with Crippen LogP contribution >= 0.6 is 0 Å². The van der Waals surface area contributed by atoms with Gasteiger partial charge in [-0.25, -0.2) is 9.37 Å². The van der Waals surface area contributed by atoms with Gasteiger partial charge in [-0.1, -0.05) is 6.07 Å². The molecule has 2 aromatic heterocycles. The first-order valence-corrected chi connectivity index (χ1v) is 10.8. The molecule has 4 aromatic rings. The smallest absolute Gasteiger partial charge is 0.290 e. The molecule has 2 aromatic carbocycles. The number of aromatic nitrogens is 4. The fourth-order valence-corrected chi connectivity index (χ4v) is 4.01. The van der Waals surface area contributed by atoms with Gasteiger partial charge in [0.15, 0.2) is 11.6 Å². The summed E-state index contributed by atoms with van der Waals surface area (Å²) in [6.45, 7) is 5.93. The van der Waals surface area contributed by atoms with Gasteiger partial charge in [0, 0.05) is 23.3 Å². The van der Waals surface area contributed by atoms with Crippen molar-refractivity contribution in [2.75, 3.05) is 22.1 Å². The number of H-pyrrole nitrogens is 1. The van der Waals surface area contributed by atoms with Gasteiger partial charge in [-0.2, -0.15) is 10.1 Å². The highest BCUT2D eigenvalue weighted by atomic mass is 19.1. The number of anilines is 5. The highest BCUT2D eigenvalue weighted by Gasteiger charge is 2.38. The van der Waals surface area contributed by atoms with E-state index in [-0.39, 0.29) is 24.1 Å². The van der Waals surface area contributed by atoms with E-state index in [9.17, 15) is 9.18 Å². The van der Waals surface area contributed by atoms with E-state index in [2.05, 4.69) is 30.8 Å². The van der Waals surface area contributed by atoms with Crippen LogP contribution in [0.5, 0.6) is 0 Å².